The van der Waals surface area contributed by atoms with Crippen LogP contribution in [0.3, 0.4) is 0 Å². The number of hydrogen-bond acceptors (Lipinski definition) is 4. The maximum Gasteiger partial charge on any atom is 0.240 e. The molecule has 0 spiro atoms. The first-order valence-corrected chi connectivity index (χ1v) is 9.88. The molecule has 0 aliphatic carbocycles. The van der Waals surface area contributed by atoms with E-state index in [1.165, 1.54) is 0 Å². The quantitative estimate of drug-likeness (QED) is 0.672. The summed E-state index contributed by atoms with van der Waals surface area (Å²) < 4.78 is 32.8. The molecule has 1 N–H and O–H groups in total. The lowest BCUT2D eigenvalue weighted by Gasteiger charge is -2.19. The van der Waals surface area contributed by atoms with Crippen LogP contribution in [0.5, 0.6) is 5.75 Å². The Morgan fingerprint density at radius 2 is 1.74 bits per heavy atom. The zero-order valence-corrected chi connectivity index (χ0v) is 15.5. The van der Waals surface area contributed by atoms with Crippen molar-refractivity contribution in [2.24, 2.45) is 0 Å². The Labute approximate surface area is 141 Å². The summed E-state index contributed by atoms with van der Waals surface area (Å²) in [4.78, 5) is 2.62. The molecule has 1 rings (SSSR count). The minimum absolute atomic E-state index is 0.0814. The van der Waals surface area contributed by atoms with Crippen molar-refractivity contribution in [3.63, 3.8) is 0 Å². The molecule has 1 atom stereocenters. The van der Waals surface area contributed by atoms with Gasteiger partial charge in [0.1, 0.15) is 5.75 Å². The van der Waals surface area contributed by atoms with Crippen LogP contribution in [0.2, 0.25) is 0 Å². The Morgan fingerprint density at radius 1 is 1.13 bits per heavy atom. The SMILES string of the molecule is CCOc1ccc(S(=O)(=O)N[C@H](C)CCCN(CC)CC)cc1. The molecule has 0 radical (unpaired) electrons. The maximum absolute atomic E-state index is 12.4. The number of rotatable bonds is 11. The molecule has 0 aliphatic rings. The van der Waals surface area contributed by atoms with Crippen LogP contribution in [-0.4, -0.2) is 45.6 Å². The zero-order chi connectivity index (χ0) is 17.3. The Hall–Kier alpha value is -1.11. The van der Waals surface area contributed by atoms with E-state index in [0.717, 1.165) is 32.5 Å². The van der Waals surface area contributed by atoms with Crippen LogP contribution in [-0.2, 0) is 10.0 Å². The van der Waals surface area contributed by atoms with Crippen LogP contribution in [0.15, 0.2) is 29.2 Å². The van der Waals surface area contributed by atoms with Gasteiger partial charge < -0.3 is 9.64 Å². The minimum atomic E-state index is -3.47. The molecular weight excluding hydrogens is 312 g/mol. The van der Waals surface area contributed by atoms with Gasteiger partial charge in [-0.15, -0.1) is 0 Å². The Bertz CT molecular complexity index is 539. The van der Waals surface area contributed by atoms with Gasteiger partial charge in [0.15, 0.2) is 0 Å². The van der Waals surface area contributed by atoms with Gasteiger partial charge >= 0.3 is 0 Å². The van der Waals surface area contributed by atoms with Gasteiger partial charge in [-0.25, -0.2) is 13.1 Å². The van der Waals surface area contributed by atoms with Gasteiger partial charge in [0.25, 0.3) is 0 Å². The molecule has 0 heterocycles. The molecule has 0 amide bonds. The van der Waals surface area contributed by atoms with Gasteiger partial charge in [-0.3, -0.25) is 0 Å². The molecule has 6 heteroatoms. The lowest BCUT2D eigenvalue weighted by molar-refractivity contribution is 0.293. The highest BCUT2D eigenvalue weighted by Gasteiger charge is 2.17. The fraction of sp³-hybridized carbons (Fsp3) is 0.647. The van der Waals surface area contributed by atoms with E-state index in [2.05, 4.69) is 23.5 Å². The lowest BCUT2D eigenvalue weighted by Crippen LogP contribution is -2.33. The van der Waals surface area contributed by atoms with E-state index >= 15 is 0 Å². The van der Waals surface area contributed by atoms with Crippen LogP contribution in [0.4, 0.5) is 0 Å². The fourth-order valence-electron chi connectivity index (χ4n) is 2.43. The van der Waals surface area contributed by atoms with Gasteiger partial charge in [-0.1, -0.05) is 13.8 Å². The van der Waals surface area contributed by atoms with Crippen molar-refractivity contribution < 1.29 is 13.2 Å². The molecule has 0 fully saturated rings. The van der Waals surface area contributed by atoms with Crippen molar-refractivity contribution in [3.05, 3.63) is 24.3 Å². The fourth-order valence-corrected chi connectivity index (χ4v) is 3.71. The zero-order valence-electron chi connectivity index (χ0n) is 14.7. The van der Waals surface area contributed by atoms with Crippen LogP contribution in [0.25, 0.3) is 0 Å². The van der Waals surface area contributed by atoms with E-state index in [0.29, 0.717) is 12.4 Å². The molecular formula is C17H30N2O3S. The summed E-state index contributed by atoms with van der Waals surface area (Å²) in [5, 5.41) is 0. The van der Waals surface area contributed by atoms with Gasteiger partial charge in [0.2, 0.25) is 10.0 Å². The van der Waals surface area contributed by atoms with Crippen LogP contribution in [0.1, 0.15) is 40.5 Å². The lowest BCUT2D eigenvalue weighted by atomic mass is 10.2. The summed E-state index contributed by atoms with van der Waals surface area (Å²) in [6.45, 7) is 11.7. The van der Waals surface area contributed by atoms with E-state index in [1.54, 1.807) is 24.3 Å². The maximum atomic E-state index is 12.4. The third kappa shape index (κ3) is 6.89. The van der Waals surface area contributed by atoms with Gasteiger partial charge in [0.05, 0.1) is 11.5 Å². The summed E-state index contributed by atoms with van der Waals surface area (Å²) in [5.41, 5.74) is 0. The highest BCUT2D eigenvalue weighted by atomic mass is 32.2. The summed E-state index contributed by atoms with van der Waals surface area (Å²) in [6, 6.07) is 6.44. The van der Waals surface area contributed by atoms with E-state index in [-0.39, 0.29) is 10.9 Å². The molecule has 0 saturated carbocycles. The molecule has 1 aromatic carbocycles. The summed E-state index contributed by atoms with van der Waals surface area (Å²) in [7, 11) is -3.47. The average Bonchev–Trinajstić information content (AvgIpc) is 2.52. The summed E-state index contributed by atoms with van der Waals surface area (Å²) in [6.07, 6.45) is 1.81. The van der Waals surface area contributed by atoms with Crippen molar-refractivity contribution >= 4 is 10.0 Å². The van der Waals surface area contributed by atoms with Crippen LogP contribution in [0, 0.1) is 0 Å². The highest BCUT2D eigenvalue weighted by molar-refractivity contribution is 7.89. The molecule has 0 unspecified atom stereocenters. The predicted molar refractivity (Wildman–Crippen MR) is 94.4 cm³/mol. The van der Waals surface area contributed by atoms with Crippen molar-refractivity contribution in [3.8, 4) is 5.75 Å². The largest absolute Gasteiger partial charge is 0.494 e. The smallest absolute Gasteiger partial charge is 0.240 e. The van der Waals surface area contributed by atoms with E-state index in [1.807, 2.05) is 13.8 Å². The second-order valence-corrected chi connectivity index (χ2v) is 7.31. The number of hydrogen-bond donors (Lipinski definition) is 1. The Kier molecular flexibility index (Phi) is 8.58. The number of nitrogens with zero attached hydrogens (tertiary/aromatic N) is 1. The second-order valence-electron chi connectivity index (χ2n) is 5.60. The van der Waals surface area contributed by atoms with E-state index < -0.39 is 10.0 Å². The molecule has 0 bridgehead atoms. The number of ether oxygens (including phenoxy) is 1. The molecule has 1 aromatic rings. The third-order valence-corrected chi connectivity index (χ3v) is 5.41. The van der Waals surface area contributed by atoms with Crippen molar-refractivity contribution in [1.82, 2.24) is 9.62 Å². The number of sulfonamides is 1. The first-order chi connectivity index (χ1) is 10.9. The second kappa shape index (κ2) is 9.90. The first-order valence-electron chi connectivity index (χ1n) is 8.40. The average molecular weight is 343 g/mol. The predicted octanol–water partition coefficient (Wildman–Crippen LogP) is 2.87. The standard InChI is InChI=1S/C17H30N2O3S/c1-5-19(6-2)14-8-9-15(4)18-23(20,21)17-12-10-16(11-13-17)22-7-3/h10-13,15,18H,5-9,14H2,1-4H3/t15-/m1/s1. The number of nitrogens with one attached hydrogen (secondary N) is 1. The molecule has 0 aromatic heterocycles. The van der Waals surface area contributed by atoms with Crippen LogP contribution >= 0.6 is 0 Å². The molecule has 5 nitrogen and oxygen atoms in total. The minimum Gasteiger partial charge on any atom is -0.494 e. The van der Waals surface area contributed by atoms with Crippen molar-refractivity contribution in [2.45, 2.75) is 51.5 Å². The molecule has 132 valence electrons. The van der Waals surface area contributed by atoms with Gasteiger partial charge in [0, 0.05) is 6.04 Å². The van der Waals surface area contributed by atoms with Crippen molar-refractivity contribution in [2.75, 3.05) is 26.2 Å². The third-order valence-electron chi connectivity index (χ3n) is 3.81. The van der Waals surface area contributed by atoms with Crippen LogP contribution < -0.4 is 9.46 Å². The Balaban J connectivity index is 2.53. The number of benzene rings is 1. The topological polar surface area (TPSA) is 58.6 Å². The van der Waals surface area contributed by atoms with Gasteiger partial charge in [-0.05, 0) is 70.6 Å². The van der Waals surface area contributed by atoms with Gasteiger partial charge in [-0.2, -0.15) is 0 Å². The molecule has 0 aliphatic heterocycles. The molecule has 0 saturated heterocycles. The van der Waals surface area contributed by atoms with Crippen molar-refractivity contribution in [1.29, 1.82) is 0 Å². The summed E-state index contributed by atoms with van der Waals surface area (Å²) >= 11 is 0. The highest BCUT2D eigenvalue weighted by Crippen LogP contribution is 2.16. The van der Waals surface area contributed by atoms with E-state index in [4.69, 9.17) is 4.74 Å². The monoisotopic (exact) mass is 342 g/mol. The summed E-state index contributed by atoms with van der Waals surface area (Å²) in [5.74, 6) is 0.679. The Morgan fingerprint density at radius 3 is 2.26 bits per heavy atom. The normalized spacial score (nSPS) is 13.3. The van der Waals surface area contributed by atoms with E-state index in [9.17, 15) is 8.42 Å². The molecule has 23 heavy (non-hydrogen) atoms. The first kappa shape index (κ1) is 19.9.